The van der Waals surface area contributed by atoms with Gasteiger partial charge in [0, 0.05) is 6.42 Å². The summed E-state index contributed by atoms with van der Waals surface area (Å²) in [6, 6.07) is 8.02. The number of H-pyrrole nitrogens is 1. The van der Waals surface area contributed by atoms with E-state index in [1.807, 2.05) is 31.2 Å². The molecule has 0 atom stereocenters. The number of aryl methyl sites for hydroxylation is 1. The Hall–Kier alpha value is -3.36. The van der Waals surface area contributed by atoms with E-state index in [2.05, 4.69) is 30.8 Å². The van der Waals surface area contributed by atoms with Crippen molar-refractivity contribution in [3.63, 3.8) is 0 Å². The molecular weight excluding hydrogens is 298 g/mol. The van der Waals surface area contributed by atoms with Crippen LogP contribution in [0, 0.1) is 6.92 Å². The monoisotopic (exact) mass is 311 g/mol. The summed E-state index contributed by atoms with van der Waals surface area (Å²) in [6.07, 6.45) is 3.01. The second-order valence-corrected chi connectivity index (χ2v) is 4.89. The molecule has 9 heteroatoms. The van der Waals surface area contributed by atoms with Gasteiger partial charge in [0.2, 0.25) is 5.82 Å². The van der Waals surface area contributed by atoms with Crippen molar-refractivity contribution in [3.8, 4) is 0 Å². The molecule has 0 saturated carbocycles. The van der Waals surface area contributed by atoms with Crippen molar-refractivity contribution < 1.29 is 9.90 Å². The van der Waals surface area contributed by atoms with Crippen molar-refractivity contribution in [1.82, 2.24) is 35.6 Å². The summed E-state index contributed by atoms with van der Waals surface area (Å²) in [5, 5.41) is 30.3. The molecule has 0 aliphatic heterocycles. The van der Waals surface area contributed by atoms with Gasteiger partial charge in [-0.3, -0.25) is 4.79 Å². The maximum atomic E-state index is 12.0. The fraction of sp³-hybridized carbons (Fsp3) is 0.143. The second-order valence-electron chi connectivity index (χ2n) is 4.89. The van der Waals surface area contributed by atoms with Crippen molar-refractivity contribution in [3.05, 3.63) is 59.2 Å². The molecule has 0 unspecified atom stereocenters. The Balaban J connectivity index is 1.72. The van der Waals surface area contributed by atoms with Crippen LogP contribution in [-0.4, -0.2) is 46.6 Å². The molecule has 1 aromatic carbocycles. The summed E-state index contributed by atoms with van der Waals surface area (Å²) in [7, 11) is 0. The first-order valence-corrected chi connectivity index (χ1v) is 6.77. The van der Waals surface area contributed by atoms with Crippen molar-refractivity contribution in [2.45, 2.75) is 13.3 Å². The molecule has 116 valence electrons. The summed E-state index contributed by atoms with van der Waals surface area (Å²) in [5.41, 5.74) is 2.89. The zero-order valence-corrected chi connectivity index (χ0v) is 12.2. The molecule has 0 saturated heterocycles. The number of aromatic amines is 1. The Morgan fingerprint density at radius 3 is 2.83 bits per heavy atom. The van der Waals surface area contributed by atoms with E-state index in [4.69, 9.17) is 0 Å². The van der Waals surface area contributed by atoms with Gasteiger partial charge in [0.1, 0.15) is 0 Å². The van der Waals surface area contributed by atoms with E-state index in [1.165, 1.54) is 11.8 Å². The van der Waals surface area contributed by atoms with Crippen molar-refractivity contribution >= 4 is 11.7 Å². The van der Waals surface area contributed by atoms with Gasteiger partial charge in [-0.15, -0.1) is 20.1 Å². The Labute approximate surface area is 130 Å². The van der Waals surface area contributed by atoms with Crippen LogP contribution in [-0.2, 0) is 6.42 Å². The molecule has 2 N–H and O–H groups in total. The van der Waals surface area contributed by atoms with Crippen LogP contribution in [0.3, 0.4) is 0 Å². The highest BCUT2D eigenvalue weighted by Crippen LogP contribution is 2.08. The number of allylic oxidation sites excluding steroid dienone is 1. The number of tetrazole rings is 1. The van der Waals surface area contributed by atoms with E-state index in [0.29, 0.717) is 12.1 Å². The quantitative estimate of drug-likeness (QED) is 0.542. The lowest BCUT2D eigenvalue weighted by molar-refractivity contribution is 0.0935. The largest absolute Gasteiger partial charge is 0.504 e. The molecule has 2 aromatic heterocycles. The highest BCUT2D eigenvalue weighted by molar-refractivity contribution is 5.93. The number of nitrogens with zero attached hydrogens (tertiary/aromatic N) is 6. The summed E-state index contributed by atoms with van der Waals surface area (Å²) in [6.45, 7) is 2.02. The highest BCUT2D eigenvalue weighted by atomic mass is 16.3. The summed E-state index contributed by atoms with van der Waals surface area (Å²) < 4.78 is 0. The first-order chi connectivity index (χ1) is 11.1. The van der Waals surface area contributed by atoms with Gasteiger partial charge in [-0.25, -0.2) is 0 Å². The predicted octanol–water partition coefficient (Wildman–Crippen LogP) is 0.930. The summed E-state index contributed by atoms with van der Waals surface area (Å²) >= 11 is 0. The zero-order chi connectivity index (χ0) is 16.2. The normalized spacial score (nSPS) is 11.6. The van der Waals surface area contributed by atoms with Gasteiger partial charge in [0.25, 0.3) is 5.91 Å². The van der Waals surface area contributed by atoms with Crippen LogP contribution >= 0.6 is 0 Å². The second kappa shape index (κ2) is 6.18. The highest BCUT2D eigenvalue weighted by Gasteiger charge is 2.11. The number of aromatic nitrogens is 7. The first-order valence-electron chi connectivity index (χ1n) is 6.77. The van der Waals surface area contributed by atoms with Gasteiger partial charge in [-0.2, -0.15) is 10.3 Å². The standard InChI is InChI=1S/C14H13N7O2/c1-9-2-4-10(5-3-9)6-11-8-15-21(18-11)13(23)7-12(22)14-16-19-20-17-14/h2-5,7-8,22H,6H2,1H3,(H,16,17,19,20). The Bertz CT molecular complexity index is 834. The maximum Gasteiger partial charge on any atom is 0.291 e. The number of carbonyl (C=O) groups is 1. The predicted molar refractivity (Wildman–Crippen MR) is 79.4 cm³/mol. The van der Waals surface area contributed by atoms with E-state index in [9.17, 15) is 9.90 Å². The number of aliphatic hydroxyl groups excluding tert-OH is 1. The van der Waals surface area contributed by atoms with E-state index in [0.717, 1.165) is 16.4 Å². The smallest absolute Gasteiger partial charge is 0.291 e. The average Bonchev–Trinajstić information content (AvgIpc) is 3.21. The van der Waals surface area contributed by atoms with E-state index >= 15 is 0 Å². The van der Waals surface area contributed by atoms with Crippen molar-refractivity contribution in [1.29, 1.82) is 0 Å². The van der Waals surface area contributed by atoms with Crippen molar-refractivity contribution in [2.24, 2.45) is 0 Å². The summed E-state index contributed by atoms with van der Waals surface area (Å²) in [5.74, 6) is -1.10. The van der Waals surface area contributed by atoms with Gasteiger partial charge in [0.05, 0.1) is 18.0 Å². The molecule has 0 aliphatic rings. The van der Waals surface area contributed by atoms with E-state index in [1.54, 1.807) is 0 Å². The molecule has 0 bridgehead atoms. The third kappa shape index (κ3) is 3.46. The third-order valence-electron chi connectivity index (χ3n) is 3.08. The Morgan fingerprint density at radius 1 is 1.35 bits per heavy atom. The maximum absolute atomic E-state index is 12.0. The fourth-order valence-corrected chi connectivity index (χ4v) is 1.91. The van der Waals surface area contributed by atoms with Crippen LogP contribution in [0.25, 0.3) is 5.76 Å². The Morgan fingerprint density at radius 2 is 2.13 bits per heavy atom. The van der Waals surface area contributed by atoms with Crippen LogP contribution in [0.1, 0.15) is 27.4 Å². The Kier molecular flexibility index (Phi) is 3.91. The molecule has 0 aliphatic carbocycles. The van der Waals surface area contributed by atoms with Crippen LogP contribution < -0.4 is 0 Å². The summed E-state index contributed by atoms with van der Waals surface area (Å²) in [4.78, 5) is 12.9. The molecule has 0 fully saturated rings. The molecule has 0 radical (unpaired) electrons. The molecular formula is C14H13N7O2. The molecule has 3 rings (SSSR count). The number of hydrogen-bond donors (Lipinski definition) is 2. The molecule has 9 nitrogen and oxygen atoms in total. The average molecular weight is 311 g/mol. The molecule has 23 heavy (non-hydrogen) atoms. The minimum atomic E-state index is -0.609. The van der Waals surface area contributed by atoms with Crippen LogP contribution in [0.15, 0.2) is 36.5 Å². The van der Waals surface area contributed by atoms with Crippen LogP contribution in [0.4, 0.5) is 0 Å². The van der Waals surface area contributed by atoms with Gasteiger partial charge >= 0.3 is 0 Å². The first kappa shape index (κ1) is 14.6. The van der Waals surface area contributed by atoms with Crippen molar-refractivity contribution in [2.75, 3.05) is 0 Å². The van der Waals surface area contributed by atoms with E-state index in [-0.39, 0.29) is 5.82 Å². The number of aliphatic hydroxyl groups is 1. The third-order valence-corrected chi connectivity index (χ3v) is 3.08. The van der Waals surface area contributed by atoms with Gasteiger partial charge < -0.3 is 5.11 Å². The topological polar surface area (TPSA) is 122 Å². The van der Waals surface area contributed by atoms with Gasteiger partial charge in [-0.1, -0.05) is 29.8 Å². The molecule has 2 heterocycles. The minimum Gasteiger partial charge on any atom is -0.504 e. The lowest BCUT2D eigenvalue weighted by atomic mass is 10.1. The molecule has 3 aromatic rings. The fourth-order valence-electron chi connectivity index (χ4n) is 1.91. The number of nitrogens with one attached hydrogen (secondary N) is 1. The number of hydrogen-bond acceptors (Lipinski definition) is 7. The van der Waals surface area contributed by atoms with Crippen LogP contribution in [0.5, 0.6) is 0 Å². The minimum absolute atomic E-state index is 0.0783. The van der Waals surface area contributed by atoms with E-state index < -0.39 is 11.7 Å². The lowest BCUT2D eigenvalue weighted by Crippen LogP contribution is -2.12. The number of carbonyl (C=O) groups excluding carboxylic acids is 1. The molecule has 0 amide bonds. The number of benzene rings is 1. The molecule has 0 spiro atoms. The van der Waals surface area contributed by atoms with Crippen LogP contribution in [0.2, 0.25) is 0 Å². The SMILES string of the molecule is Cc1ccc(Cc2cnn(C(=O)C=C(O)c3nn[nH]n3)n2)cc1. The van der Waals surface area contributed by atoms with Gasteiger partial charge in [-0.05, 0) is 17.7 Å². The number of rotatable bonds is 4. The zero-order valence-electron chi connectivity index (χ0n) is 12.2. The van der Waals surface area contributed by atoms with Gasteiger partial charge in [0.15, 0.2) is 5.76 Å². The lowest BCUT2D eigenvalue weighted by Gasteiger charge is -1.98.